The van der Waals surface area contributed by atoms with E-state index in [0.29, 0.717) is 18.8 Å². The lowest BCUT2D eigenvalue weighted by atomic mass is 10.0. The molecule has 2 atom stereocenters. The molecule has 6 heteroatoms. The molecule has 3 heterocycles. The van der Waals surface area contributed by atoms with E-state index in [1.54, 1.807) is 4.90 Å². The fraction of sp³-hybridized carbons (Fsp3) is 0.364. The normalized spacial score (nSPS) is 19.4. The maximum absolute atomic E-state index is 13.2. The van der Waals surface area contributed by atoms with Crippen LogP contribution in [0.2, 0.25) is 0 Å². The van der Waals surface area contributed by atoms with E-state index in [2.05, 4.69) is 5.32 Å². The van der Waals surface area contributed by atoms with Crippen LogP contribution in [0.15, 0.2) is 39.2 Å². The summed E-state index contributed by atoms with van der Waals surface area (Å²) in [6, 6.07) is 9.56. The van der Waals surface area contributed by atoms with Crippen LogP contribution in [-0.4, -0.2) is 35.8 Å². The first kappa shape index (κ1) is 18.3. The van der Waals surface area contributed by atoms with E-state index in [4.69, 9.17) is 8.83 Å². The summed E-state index contributed by atoms with van der Waals surface area (Å²) in [5.41, 5.74) is 2.64. The minimum Gasteiger partial charge on any atom is -0.466 e. The second-order valence-corrected chi connectivity index (χ2v) is 7.63. The molecule has 146 valence electrons. The van der Waals surface area contributed by atoms with Gasteiger partial charge < -0.3 is 19.1 Å². The molecule has 4 rings (SSSR count). The number of rotatable bonds is 3. The van der Waals surface area contributed by atoms with E-state index in [9.17, 15) is 9.59 Å². The van der Waals surface area contributed by atoms with Gasteiger partial charge in [0.2, 0.25) is 5.91 Å². The highest BCUT2D eigenvalue weighted by Crippen LogP contribution is 2.32. The molecule has 28 heavy (non-hydrogen) atoms. The summed E-state index contributed by atoms with van der Waals surface area (Å²) in [5, 5.41) is 3.91. The fourth-order valence-electron chi connectivity index (χ4n) is 4.00. The van der Waals surface area contributed by atoms with Crippen molar-refractivity contribution in [3.05, 3.63) is 58.7 Å². The fourth-order valence-corrected chi connectivity index (χ4v) is 4.00. The third-order valence-corrected chi connectivity index (χ3v) is 5.41. The number of benzene rings is 1. The highest BCUT2D eigenvalue weighted by atomic mass is 16.3. The molecule has 2 amide bonds. The van der Waals surface area contributed by atoms with Gasteiger partial charge in [0.15, 0.2) is 5.76 Å². The number of fused-ring (bicyclic) bond motifs is 1. The van der Waals surface area contributed by atoms with Gasteiger partial charge in [0.25, 0.3) is 5.91 Å². The quantitative estimate of drug-likeness (QED) is 0.752. The van der Waals surface area contributed by atoms with Crippen molar-refractivity contribution in [2.24, 2.45) is 0 Å². The van der Waals surface area contributed by atoms with Crippen LogP contribution in [-0.2, 0) is 4.79 Å². The van der Waals surface area contributed by atoms with Gasteiger partial charge in [-0.25, -0.2) is 0 Å². The van der Waals surface area contributed by atoms with Crippen molar-refractivity contribution in [2.75, 3.05) is 13.1 Å². The van der Waals surface area contributed by atoms with Crippen molar-refractivity contribution >= 4 is 22.8 Å². The van der Waals surface area contributed by atoms with Crippen molar-refractivity contribution in [2.45, 2.75) is 39.7 Å². The first-order valence-electron chi connectivity index (χ1n) is 9.46. The molecule has 1 aromatic carbocycles. The van der Waals surface area contributed by atoms with Gasteiger partial charge in [-0.2, -0.15) is 0 Å². The summed E-state index contributed by atoms with van der Waals surface area (Å²) in [4.78, 5) is 26.6. The van der Waals surface area contributed by atoms with Crippen molar-refractivity contribution in [3.63, 3.8) is 0 Å². The lowest BCUT2D eigenvalue weighted by Crippen LogP contribution is -2.39. The van der Waals surface area contributed by atoms with Crippen molar-refractivity contribution in [1.82, 2.24) is 10.2 Å². The smallest absolute Gasteiger partial charge is 0.289 e. The van der Waals surface area contributed by atoms with Crippen molar-refractivity contribution in [3.8, 4) is 0 Å². The summed E-state index contributed by atoms with van der Waals surface area (Å²) >= 11 is 0. The highest BCUT2D eigenvalue weighted by Gasteiger charge is 2.40. The minimum atomic E-state index is -0.195. The molecule has 0 radical (unpaired) electrons. The molecular weight excluding hydrogens is 356 g/mol. The molecule has 1 fully saturated rings. The number of aryl methyl sites for hydroxylation is 3. The Morgan fingerprint density at radius 2 is 1.86 bits per heavy atom. The molecule has 1 aliphatic heterocycles. The maximum atomic E-state index is 13.2. The van der Waals surface area contributed by atoms with Gasteiger partial charge in [-0.05, 0) is 44.5 Å². The standard InChI is InChI=1S/C22H24N2O4/c1-12-5-7-16-14(3)21(28-20(16)9-12)22(26)24-10-17(18(11-24)23-15(4)25)19-8-6-13(2)27-19/h5-9,17-18H,10-11H2,1-4H3,(H,23,25)/t17-,18-/m1/s1. The summed E-state index contributed by atoms with van der Waals surface area (Å²) in [6.07, 6.45) is 0. The first-order chi connectivity index (χ1) is 13.3. The molecule has 3 aromatic rings. The maximum Gasteiger partial charge on any atom is 0.289 e. The number of furan rings is 2. The van der Waals surface area contributed by atoms with Crippen molar-refractivity contribution < 1.29 is 18.4 Å². The van der Waals surface area contributed by atoms with Crippen LogP contribution in [0.25, 0.3) is 11.0 Å². The molecule has 1 saturated heterocycles. The summed E-state index contributed by atoms with van der Waals surface area (Å²) in [7, 11) is 0. The first-order valence-corrected chi connectivity index (χ1v) is 9.46. The third kappa shape index (κ3) is 3.19. The average molecular weight is 380 g/mol. The number of amides is 2. The molecule has 0 spiro atoms. The number of hydrogen-bond acceptors (Lipinski definition) is 4. The topological polar surface area (TPSA) is 75.7 Å². The second-order valence-electron chi connectivity index (χ2n) is 7.63. The molecular formula is C22H24N2O4. The molecule has 0 unspecified atom stereocenters. The Morgan fingerprint density at radius 1 is 1.07 bits per heavy atom. The van der Waals surface area contributed by atoms with Crippen LogP contribution in [0, 0.1) is 20.8 Å². The van der Waals surface area contributed by atoms with E-state index < -0.39 is 0 Å². The zero-order valence-corrected chi connectivity index (χ0v) is 16.5. The Kier molecular flexibility index (Phi) is 4.49. The van der Waals surface area contributed by atoms with Crippen LogP contribution in [0.5, 0.6) is 0 Å². The van der Waals surface area contributed by atoms with Gasteiger partial charge in [0.1, 0.15) is 17.1 Å². The number of likely N-dealkylation sites (tertiary alicyclic amines) is 1. The Bertz CT molecular complexity index is 1060. The van der Waals surface area contributed by atoms with Crippen molar-refractivity contribution in [1.29, 1.82) is 0 Å². The second kappa shape index (κ2) is 6.86. The Labute approximate surface area is 163 Å². The van der Waals surface area contributed by atoms with Gasteiger partial charge in [0, 0.05) is 31.0 Å². The molecule has 2 aromatic heterocycles. The Hall–Kier alpha value is -3.02. The predicted octanol–water partition coefficient (Wildman–Crippen LogP) is 3.70. The van der Waals surface area contributed by atoms with Crippen LogP contribution < -0.4 is 5.32 Å². The SMILES string of the molecule is CC(=O)N[C@@H]1CN(C(=O)c2oc3cc(C)ccc3c2C)C[C@H]1c1ccc(C)o1. The van der Waals surface area contributed by atoms with E-state index in [0.717, 1.165) is 33.6 Å². The summed E-state index contributed by atoms with van der Waals surface area (Å²) < 4.78 is 11.7. The lowest BCUT2D eigenvalue weighted by Gasteiger charge is -2.16. The molecule has 0 saturated carbocycles. The number of nitrogens with zero attached hydrogens (tertiary/aromatic N) is 1. The summed E-state index contributed by atoms with van der Waals surface area (Å²) in [6.45, 7) is 8.15. The average Bonchev–Trinajstić information content (AvgIpc) is 3.31. The monoisotopic (exact) mass is 380 g/mol. The van der Waals surface area contributed by atoms with Gasteiger partial charge in [-0.15, -0.1) is 0 Å². The molecule has 1 N–H and O–H groups in total. The van der Waals surface area contributed by atoms with Gasteiger partial charge in [0.05, 0.1) is 12.0 Å². The lowest BCUT2D eigenvalue weighted by molar-refractivity contribution is -0.119. The van der Waals surface area contributed by atoms with Gasteiger partial charge in [-0.3, -0.25) is 9.59 Å². The van der Waals surface area contributed by atoms with Crippen LogP contribution in [0.1, 0.15) is 46.0 Å². The van der Waals surface area contributed by atoms with E-state index in [-0.39, 0.29) is 23.8 Å². The molecule has 0 bridgehead atoms. The van der Waals surface area contributed by atoms with Gasteiger partial charge in [-0.1, -0.05) is 12.1 Å². The van der Waals surface area contributed by atoms with Crippen LogP contribution >= 0.6 is 0 Å². The van der Waals surface area contributed by atoms with Gasteiger partial charge >= 0.3 is 0 Å². The molecule has 6 nitrogen and oxygen atoms in total. The molecule has 1 aliphatic rings. The molecule has 0 aliphatic carbocycles. The third-order valence-electron chi connectivity index (χ3n) is 5.41. The summed E-state index contributed by atoms with van der Waals surface area (Å²) in [5.74, 6) is 1.58. The Morgan fingerprint density at radius 3 is 2.54 bits per heavy atom. The predicted molar refractivity (Wildman–Crippen MR) is 105 cm³/mol. The number of nitrogens with one attached hydrogen (secondary N) is 1. The highest BCUT2D eigenvalue weighted by molar-refractivity contribution is 5.99. The number of carbonyl (C=O) groups excluding carboxylic acids is 2. The van der Waals surface area contributed by atoms with Crippen LogP contribution in [0.3, 0.4) is 0 Å². The Balaban J connectivity index is 1.64. The number of hydrogen-bond donors (Lipinski definition) is 1. The largest absolute Gasteiger partial charge is 0.466 e. The number of carbonyl (C=O) groups is 2. The zero-order valence-electron chi connectivity index (χ0n) is 16.5. The van der Waals surface area contributed by atoms with E-state index >= 15 is 0 Å². The van der Waals surface area contributed by atoms with E-state index in [1.807, 2.05) is 51.1 Å². The zero-order chi connectivity index (χ0) is 20.0. The van der Waals surface area contributed by atoms with E-state index in [1.165, 1.54) is 6.92 Å². The minimum absolute atomic E-state index is 0.0894. The van der Waals surface area contributed by atoms with Crippen LogP contribution in [0.4, 0.5) is 0 Å².